The van der Waals surface area contributed by atoms with E-state index in [1.807, 2.05) is 13.0 Å². The fourth-order valence-corrected chi connectivity index (χ4v) is 1.15. The average molecular weight is 163 g/mol. The topological polar surface area (TPSA) is 50.8 Å². The van der Waals surface area contributed by atoms with Gasteiger partial charge in [-0.25, -0.2) is 0 Å². The number of aromatic nitrogens is 2. The van der Waals surface area contributed by atoms with Gasteiger partial charge in [-0.3, -0.25) is 0 Å². The van der Waals surface area contributed by atoms with E-state index in [0.29, 0.717) is 5.56 Å². The average Bonchev–Trinajstić information content (AvgIpc) is 2.43. The van der Waals surface area contributed by atoms with Gasteiger partial charge in [-0.1, -0.05) is 11.9 Å². The van der Waals surface area contributed by atoms with E-state index in [4.69, 9.17) is 5.26 Å². The number of imidazole rings is 1. The molecule has 13 heavy (non-hydrogen) atoms. The summed E-state index contributed by atoms with van der Waals surface area (Å²) in [6, 6.07) is 7.37. The zero-order chi connectivity index (χ0) is 8.55. The zero-order valence-electron chi connectivity index (χ0n) is 7.57. The van der Waals surface area contributed by atoms with E-state index in [1.54, 1.807) is 12.1 Å². The van der Waals surface area contributed by atoms with Crippen molar-refractivity contribution in [3.63, 3.8) is 0 Å². The van der Waals surface area contributed by atoms with Gasteiger partial charge in [-0.15, -0.1) is 0 Å². The van der Waals surface area contributed by atoms with Gasteiger partial charge in [-0.2, -0.15) is 5.26 Å². The third kappa shape index (κ3) is 1.75. The minimum absolute atomic E-state index is 0. The van der Waals surface area contributed by atoms with Crippen molar-refractivity contribution < 1.29 is 18.9 Å². The first-order valence-electron chi connectivity index (χ1n) is 3.61. The molecule has 0 unspecified atom stereocenters. The van der Waals surface area contributed by atoms with Crippen LogP contribution in [-0.4, -0.2) is 4.98 Å². The van der Waals surface area contributed by atoms with Crippen molar-refractivity contribution in [3.8, 4) is 6.07 Å². The fourth-order valence-electron chi connectivity index (χ4n) is 1.15. The molecule has 1 aromatic carbocycles. The van der Waals surface area contributed by atoms with E-state index < -0.39 is 0 Å². The van der Waals surface area contributed by atoms with Crippen LogP contribution in [-0.2, 0) is 0 Å². The van der Waals surface area contributed by atoms with Gasteiger partial charge in [-0.05, 0) is 30.1 Å². The number of nitrogens with zero attached hydrogens (tertiary/aromatic N) is 3. The monoisotopic (exact) mass is 163 g/mol. The van der Waals surface area contributed by atoms with Crippen molar-refractivity contribution in [3.05, 3.63) is 29.6 Å². The molecule has 3 nitrogen and oxygen atoms in total. The van der Waals surface area contributed by atoms with Crippen LogP contribution in [0.15, 0.2) is 18.2 Å². The largest absolute Gasteiger partial charge is 1.00 e. The quantitative estimate of drug-likeness (QED) is 0.438. The maximum absolute atomic E-state index is 8.61. The van der Waals surface area contributed by atoms with Crippen LogP contribution in [0.25, 0.3) is 11.0 Å². The van der Waals surface area contributed by atoms with Crippen molar-refractivity contribution in [2.24, 2.45) is 0 Å². The number of rotatable bonds is 0. The number of nitriles is 1. The first-order valence-corrected chi connectivity index (χ1v) is 3.61. The Morgan fingerprint density at radius 3 is 2.92 bits per heavy atom. The van der Waals surface area contributed by atoms with E-state index >= 15 is 0 Å². The van der Waals surface area contributed by atoms with Crippen LogP contribution in [0.4, 0.5) is 0 Å². The molecule has 1 heterocycles. The first kappa shape index (κ1) is 9.86. The molecule has 0 saturated heterocycles. The molecule has 0 aliphatic rings. The normalized spacial score (nSPS) is 9.23. The molecule has 0 bridgehead atoms. The molecule has 0 aliphatic heterocycles. The Bertz CT molecular complexity index is 467. The molecule has 4 heteroatoms. The standard InChI is InChI=1S/C9H6N3.Li/c1-6-11-8-3-2-7(5-10)4-9(8)12-6;/h2-4H,1H3;/q-1;+1. The molecular formula is C9H6LiN3. The summed E-state index contributed by atoms with van der Waals surface area (Å²) in [5.41, 5.74) is 2.28. The van der Waals surface area contributed by atoms with Crippen molar-refractivity contribution in [1.82, 2.24) is 9.97 Å². The molecule has 0 atom stereocenters. The summed E-state index contributed by atoms with van der Waals surface area (Å²) >= 11 is 0. The Kier molecular flexibility index (Phi) is 2.78. The second-order valence-corrected chi connectivity index (χ2v) is 2.59. The molecule has 0 radical (unpaired) electrons. The molecule has 58 valence electrons. The Morgan fingerprint density at radius 2 is 2.23 bits per heavy atom. The van der Waals surface area contributed by atoms with E-state index in [2.05, 4.69) is 16.0 Å². The maximum atomic E-state index is 8.61. The summed E-state index contributed by atoms with van der Waals surface area (Å²) in [6.07, 6.45) is 0. The third-order valence-electron chi connectivity index (χ3n) is 1.67. The summed E-state index contributed by atoms with van der Waals surface area (Å²) in [4.78, 5) is 8.33. The second kappa shape index (κ2) is 3.66. The van der Waals surface area contributed by atoms with Gasteiger partial charge in [0.05, 0.1) is 11.6 Å². The predicted octanol–water partition coefficient (Wildman–Crippen LogP) is -1.62. The number of fused-ring (bicyclic) bond motifs is 1. The number of benzene rings is 1. The van der Waals surface area contributed by atoms with Crippen LogP contribution in [0.3, 0.4) is 0 Å². The molecular weight excluding hydrogens is 157 g/mol. The van der Waals surface area contributed by atoms with Crippen LogP contribution in [0.2, 0.25) is 0 Å². The Labute approximate surface area is 88.0 Å². The summed E-state index contributed by atoms with van der Waals surface area (Å²) in [6.45, 7) is 1.84. The Hall–Kier alpha value is -1.22. The Balaban J connectivity index is 0.000000845. The number of hydrogen-bond donors (Lipinski definition) is 0. The number of hydrogen-bond acceptors (Lipinski definition) is 2. The van der Waals surface area contributed by atoms with E-state index in [1.165, 1.54) is 0 Å². The maximum Gasteiger partial charge on any atom is 1.00 e. The van der Waals surface area contributed by atoms with E-state index in [0.717, 1.165) is 16.9 Å². The second-order valence-electron chi connectivity index (χ2n) is 2.59. The van der Waals surface area contributed by atoms with Gasteiger partial charge in [0, 0.05) is 0 Å². The van der Waals surface area contributed by atoms with Gasteiger partial charge in [0.1, 0.15) is 0 Å². The molecule has 1 aromatic heterocycles. The van der Waals surface area contributed by atoms with Crippen molar-refractivity contribution >= 4 is 11.0 Å². The predicted molar refractivity (Wildman–Crippen MR) is 44.5 cm³/mol. The Morgan fingerprint density at radius 1 is 1.46 bits per heavy atom. The summed E-state index contributed by atoms with van der Waals surface area (Å²) < 4.78 is 0. The van der Waals surface area contributed by atoms with E-state index in [-0.39, 0.29) is 18.9 Å². The van der Waals surface area contributed by atoms with E-state index in [9.17, 15) is 0 Å². The molecule has 0 fully saturated rings. The minimum atomic E-state index is 0. The fraction of sp³-hybridized carbons (Fsp3) is 0.111. The molecule has 2 aromatic rings. The SMILES string of the molecule is Cc1nc2ccc(C#N)cc2[n-]1.[Li+]. The van der Waals surface area contributed by atoms with Crippen molar-refractivity contribution in [2.45, 2.75) is 6.92 Å². The number of aryl methyl sites for hydroxylation is 1. The first-order chi connectivity index (χ1) is 5.79. The van der Waals surface area contributed by atoms with Gasteiger partial charge in [0.15, 0.2) is 0 Å². The van der Waals surface area contributed by atoms with Crippen LogP contribution in [0.1, 0.15) is 11.4 Å². The van der Waals surface area contributed by atoms with Gasteiger partial charge in [0.25, 0.3) is 0 Å². The van der Waals surface area contributed by atoms with Crippen molar-refractivity contribution in [1.29, 1.82) is 5.26 Å². The van der Waals surface area contributed by atoms with Crippen LogP contribution >= 0.6 is 0 Å². The molecule has 0 amide bonds. The van der Waals surface area contributed by atoms with Crippen molar-refractivity contribution in [2.75, 3.05) is 0 Å². The molecule has 0 N–H and O–H groups in total. The van der Waals surface area contributed by atoms with Gasteiger partial charge in [0.2, 0.25) is 0 Å². The van der Waals surface area contributed by atoms with Crippen LogP contribution < -0.4 is 23.8 Å². The van der Waals surface area contributed by atoms with Gasteiger partial charge >= 0.3 is 18.9 Å². The minimum Gasteiger partial charge on any atom is -0.440 e. The summed E-state index contributed by atoms with van der Waals surface area (Å²) in [7, 11) is 0. The smallest absolute Gasteiger partial charge is 0.440 e. The molecule has 2 rings (SSSR count). The molecule has 0 saturated carbocycles. The van der Waals surface area contributed by atoms with Crippen LogP contribution in [0.5, 0.6) is 0 Å². The summed E-state index contributed by atoms with van der Waals surface area (Å²) in [5.74, 6) is 0.750. The van der Waals surface area contributed by atoms with Gasteiger partial charge < -0.3 is 9.97 Å². The summed E-state index contributed by atoms with van der Waals surface area (Å²) in [5, 5.41) is 8.61. The molecule has 0 aliphatic carbocycles. The van der Waals surface area contributed by atoms with Crippen LogP contribution in [0, 0.1) is 18.3 Å². The third-order valence-corrected chi connectivity index (χ3v) is 1.67. The zero-order valence-corrected chi connectivity index (χ0v) is 7.57. The molecule has 0 spiro atoms.